The average molecular weight is 215 g/mol. The molecule has 0 N–H and O–H groups in total. The van der Waals surface area contributed by atoms with Gasteiger partial charge in [0.25, 0.3) is 0 Å². The molecule has 0 bridgehead atoms. The topological polar surface area (TPSA) is 39.2 Å². The fraction of sp³-hybridized carbons (Fsp3) is 0.600. The van der Waals surface area contributed by atoms with Crippen molar-refractivity contribution in [1.82, 2.24) is 4.98 Å². The molecule has 3 nitrogen and oxygen atoms in total. The zero-order valence-corrected chi connectivity index (χ0v) is 9.98. The van der Waals surface area contributed by atoms with Crippen molar-refractivity contribution in [3.8, 4) is 0 Å². The quantitative estimate of drug-likeness (QED) is 0.728. The summed E-state index contributed by atoms with van der Waals surface area (Å²) in [4.78, 5) is 14.7. The molecule has 0 aliphatic heterocycles. The summed E-state index contributed by atoms with van der Waals surface area (Å²) in [6.07, 6.45) is 0.927. The van der Waals surface area contributed by atoms with E-state index in [9.17, 15) is 4.79 Å². The fourth-order valence-electron chi connectivity index (χ4n) is 0.741. The molecular weight excluding hydrogens is 198 g/mol. The van der Waals surface area contributed by atoms with E-state index in [0.717, 1.165) is 17.1 Å². The number of carbonyl (C=O) groups excluding carboxylic acids is 1. The molecule has 0 spiro atoms. The minimum Gasteiger partial charge on any atom is -0.458 e. The molecule has 0 amide bonds. The Morgan fingerprint density at radius 2 is 2.21 bits per heavy atom. The van der Waals surface area contributed by atoms with E-state index in [1.807, 2.05) is 26.2 Å². The van der Waals surface area contributed by atoms with Gasteiger partial charge in [-0.05, 0) is 6.42 Å². The van der Waals surface area contributed by atoms with E-state index in [1.54, 1.807) is 0 Å². The molecule has 0 saturated carbocycles. The second-order valence-corrected chi connectivity index (χ2v) is 3.31. The van der Waals surface area contributed by atoms with Crippen molar-refractivity contribution < 1.29 is 9.53 Å². The first kappa shape index (κ1) is 13.1. The van der Waals surface area contributed by atoms with Gasteiger partial charge in [0.1, 0.15) is 11.6 Å². The summed E-state index contributed by atoms with van der Waals surface area (Å²) in [5, 5.41) is 2.85. The first-order valence-corrected chi connectivity index (χ1v) is 5.67. The number of aryl methyl sites for hydroxylation is 1. The Morgan fingerprint density at radius 3 is 2.64 bits per heavy atom. The van der Waals surface area contributed by atoms with Crippen LogP contribution in [0.5, 0.6) is 0 Å². The van der Waals surface area contributed by atoms with Crippen LogP contribution in [-0.2, 0) is 22.6 Å². The predicted octanol–water partition coefficient (Wildman–Crippen LogP) is 2.79. The lowest BCUT2D eigenvalue weighted by Crippen LogP contribution is -1.98. The smallest absolute Gasteiger partial charge is 0.303 e. The molecule has 0 aliphatic rings. The summed E-state index contributed by atoms with van der Waals surface area (Å²) in [6.45, 7) is 7.75. The third-order valence-electron chi connectivity index (χ3n) is 1.36. The Hall–Kier alpha value is -0.900. The molecule has 80 valence electrons. The van der Waals surface area contributed by atoms with E-state index in [4.69, 9.17) is 4.74 Å². The minimum atomic E-state index is -0.261. The van der Waals surface area contributed by atoms with E-state index >= 15 is 0 Å². The standard InChI is InChI=1S/C8H11NO2S.C2H6/c1-3-7-5-12-8(9-7)4-11-6(2)10;1-2/h5H,3-4H2,1-2H3;1-2H3. The maximum Gasteiger partial charge on any atom is 0.303 e. The van der Waals surface area contributed by atoms with E-state index in [0.29, 0.717) is 6.61 Å². The average Bonchev–Trinajstić information content (AvgIpc) is 2.65. The number of hydrogen-bond donors (Lipinski definition) is 0. The van der Waals surface area contributed by atoms with Crippen molar-refractivity contribution in [3.63, 3.8) is 0 Å². The number of rotatable bonds is 3. The number of carbonyl (C=O) groups is 1. The monoisotopic (exact) mass is 215 g/mol. The van der Waals surface area contributed by atoms with Crippen LogP contribution in [0, 0.1) is 0 Å². The maximum absolute atomic E-state index is 10.4. The van der Waals surface area contributed by atoms with E-state index in [2.05, 4.69) is 4.98 Å². The van der Waals surface area contributed by atoms with Gasteiger partial charge in [-0.1, -0.05) is 20.8 Å². The number of nitrogens with zero attached hydrogens (tertiary/aromatic N) is 1. The first-order chi connectivity index (χ1) is 6.72. The minimum absolute atomic E-state index is 0.261. The molecule has 0 unspecified atom stereocenters. The van der Waals surface area contributed by atoms with Crippen molar-refractivity contribution in [1.29, 1.82) is 0 Å². The van der Waals surface area contributed by atoms with Gasteiger partial charge in [-0.2, -0.15) is 0 Å². The number of ether oxygens (including phenoxy) is 1. The summed E-state index contributed by atoms with van der Waals surface area (Å²) in [6, 6.07) is 0. The van der Waals surface area contributed by atoms with E-state index < -0.39 is 0 Å². The number of thiazole rings is 1. The molecule has 0 atom stereocenters. The van der Waals surface area contributed by atoms with Crippen molar-refractivity contribution in [3.05, 3.63) is 16.1 Å². The Balaban J connectivity index is 0.000000791. The third kappa shape index (κ3) is 4.97. The SMILES string of the molecule is CC.CCc1csc(COC(C)=O)n1. The van der Waals surface area contributed by atoms with Crippen molar-refractivity contribution >= 4 is 17.3 Å². The third-order valence-corrected chi connectivity index (χ3v) is 2.23. The molecule has 1 rings (SSSR count). The molecule has 1 aromatic rings. The van der Waals surface area contributed by atoms with Crippen LogP contribution in [0.4, 0.5) is 0 Å². The van der Waals surface area contributed by atoms with E-state index in [-0.39, 0.29) is 5.97 Å². The normalized spacial score (nSPS) is 8.86. The fourth-order valence-corrected chi connectivity index (χ4v) is 1.53. The Labute approximate surface area is 89.1 Å². The first-order valence-electron chi connectivity index (χ1n) is 4.79. The van der Waals surface area contributed by atoms with Crippen LogP contribution in [0.1, 0.15) is 38.4 Å². The second-order valence-electron chi connectivity index (χ2n) is 2.37. The Bertz CT molecular complexity index is 271. The maximum atomic E-state index is 10.4. The second kappa shape index (κ2) is 7.50. The molecule has 1 aromatic heterocycles. The van der Waals surface area contributed by atoms with Crippen LogP contribution in [0.3, 0.4) is 0 Å². The van der Waals surface area contributed by atoms with Crippen LogP contribution in [0.2, 0.25) is 0 Å². The van der Waals surface area contributed by atoms with Crippen LogP contribution in [0.25, 0.3) is 0 Å². The number of hydrogen-bond acceptors (Lipinski definition) is 4. The zero-order chi connectivity index (χ0) is 11.0. The van der Waals surface area contributed by atoms with Gasteiger partial charge < -0.3 is 4.74 Å². The summed E-state index contributed by atoms with van der Waals surface area (Å²) in [5.41, 5.74) is 1.06. The largest absolute Gasteiger partial charge is 0.458 e. The van der Waals surface area contributed by atoms with Gasteiger partial charge in [0.05, 0.1) is 5.69 Å². The van der Waals surface area contributed by atoms with Crippen molar-refractivity contribution in [2.75, 3.05) is 0 Å². The predicted molar refractivity (Wildman–Crippen MR) is 58.3 cm³/mol. The lowest BCUT2D eigenvalue weighted by molar-refractivity contribution is -0.142. The molecule has 14 heavy (non-hydrogen) atoms. The molecule has 0 fully saturated rings. The van der Waals surface area contributed by atoms with Crippen molar-refractivity contribution in [2.24, 2.45) is 0 Å². The lowest BCUT2D eigenvalue weighted by Gasteiger charge is -1.95. The van der Waals surface area contributed by atoms with E-state index in [1.165, 1.54) is 18.3 Å². The molecule has 4 heteroatoms. The van der Waals surface area contributed by atoms with Crippen LogP contribution >= 0.6 is 11.3 Å². The van der Waals surface area contributed by atoms with Gasteiger partial charge in [0, 0.05) is 12.3 Å². The van der Waals surface area contributed by atoms with Crippen LogP contribution in [0.15, 0.2) is 5.38 Å². The highest BCUT2D eigenvalue weighted by molar-refractivity contribution is 7.09. The molecule has 0 aromatic carbocycles. The molecule has 0 radical (unpaired) electrons. The van der Waals surface area contributed by atoms with Crippen LogP contribution < -0.4 is 0 Å². The van der Waals surface area contributed by atoms with Gasteiger partial charge in [-0.25, -0.2) is 4.98 Å². The molecular formula is C10H17NO2S. The summed E-state index contributed by atoms with van der Waals surface area (Å²) >= 11 is 1.53. The van der Waals surface area contributed by atoms with Crippen molar-refractivity contribution in [2.45, 2.75) is 40.7 Å². The highest BCUT2D eigenvalue weighted by atomic mass is 32.1. The summed E-state index contributed by atoms with van der Waals surface area (Å²) in [7, 11) is 0. The molecule has 0 aliphatic carbocycles. The lowest BCUT2D eigenvalue weighted by atomic mass is 10.4. The summed E-state index contributed by atoms with van der Waals surface area (Å²) < 4.78 is 4.79. The molecule has 0 saturated heterocycles. The highest BCUT2D eigenvalue weighted by Crippen LogP contribution is 2.10. The van der Waals surface area contributed by atoms with Gasteiger partial charge in [-0.3, -0.25) is 4.79 Å². The van der Waals surface area contributed by atoms with Crippen LogP contribution in [-0.4, -0.2) is 11.0 Å². The number of esters is 1. The van der Waals surface area contributed by atoms with Gasteiger partial charge >= 0.3 is 5.97 Å². The summed E-state index contributed by atoms with van der Waals surface area (Å²) in [5.74, 6) is -0.261. The van der Waals surface area contributed by atoms with Gasteiger partial charge in [0.15, 0.2) is 0 Å². The number of aromatic nitrogens is 1. The van der Waals surface area contributed by atoms with Gasteiger partial charge in [-0.15, -0.1) is 11.3 Å². The highest BCUT2D eigenvalue weighted by Gasteiger charge is 2.01. The zero-order valence-electron chi connectivity index (χ0n) is 9.16. The Morgan fingerprint density at radius 1 is 1.57 bits per heavy atom. The molecule has 1 heterocycles. The Kier molecular flexibility index (Phi) is 7.02. The van der Waals surface area contributed by atoms with Gasteiger partial charge in [0.2, 0.25) is 0 Å².